The van der Waals surface area contributed by atoms with Crippen LogP contribution in [-0.2, 0) is 4.79 Å². The van der Waals surface area contributed by atoms with Gasteiger partial charge in [-0.1, -0.05) is 11.8 Å². The number of nitrogens with one attached hydrogen (secondary N) is 1. The van der Waals surface area contributed by atoms with Crippen molar-refractivity contribution in [2.75, 3.05) is 12.9 Å². The zero-order valence-corrected chi connectivity index (χ0v) is 18.4. The van der Waals surface area contributed by atoms with Gasteiger partial charge in [0.05, 0.1) is 18.6 Å². The van der Waals surface area contributed by atoms with Gasteiger partial charge in [0.15, 0.2) is 0 Å². The Morgan fingerprint density at radius 2 is 1.83 bits per heavy atom. The number of methoxy groups -OCH3 is 1. The predicted octanol–water partition coefficient (Wildman–Crippen LogP) is 3.48. The van der Waals surface area contributed by atoms with Gasteiger partial charge in [0.2, 0.25) is 11.1 Å². The first-order chi connectivity index (χ1) is 14.5. The van der Waals surface area contributed by atoms with E-state index in [-0.39, 0.29) is 11.9 Å². The standard InChI is InChI=1S/C22H29N5O2S/c1-14(22-10-15-7-16(11-22)9-17(8-15)12-22)23-20(28)13-30-21-24-25-26-27(21)18-3-5-19(29-2)6-4-18/h3-6,14-17H,7-13H2,1-2H3,(H,23,28)/t14-,15?,16?,17?,22?/m1/s1. The maximum Gasteiger partial charge on any atom is 0.230 e. The highest BCUT2D eigenvalue weighted by atomic mass is 32.2. The zero-order chi connectivity index (χ0) is 20.7. The fraction of sp³-hybridized carbons (Fsp3) is 0.636. The average molecular weight is 428 g/mol. The fourth-order valence-electron chi connectivity index (χ4n) is 6.43. The van der Waals surface area contributed by atoms with E-state index in [1.54, 1.807) is 11.8 Å². The van der Waals surface area contributed by atoms with Crippen LogP contribution in [0.4, 0.5) is 0 Å². The van der Waals surface area contributed by atoms with E-state index < -0.39 is 0 Å². The highest BCUT2D eigenvalue weighted by molar-refractivity contribution is 7.99. The molecule has 0 radical (unpaired) electrons. The molecule has 2 aromatic rings. The van der Waals surface area contributed by atoms with E-state index in [1.807, 2.05) is 24.3 Å². The molecule has 7 nitrogen and oxygen atoms in total. The van der Waals surface area contributed by atoms with Crippen LogP contribution in [0, 0.1) is 23.2 Å². The summed E-state index contributed by atoms with van der Waals surface area (Å²) in [5.74, 6) is 3.82. The molecule has 4 bridgehead atoms. The fourth-order valence-corrected chi connectivity index (χ4v) is 7.13. The van der Waals surface area contributed by atoms with Crippen molar-refractivity contribution in [2.45, 2.75) is 56.6 Å². The maximum atomic E-state index is 12.7. The molecule has 4 fully saturated rings. The lowest BCUT2D eigenvalue weighted by Crippen LogP contribution is -2.56. The number of rotatable bonds is 7. The van der Waals surface area contributed by atoms with Gasteiger partial charge in [-0.2, -0.15) is 4.68 Å². The molecule has 4 aliphatic carbocycles. The average Bonchev–Trinajstić information content (AvgIpc) is 3.20. The molecule has 1 heterocycles. The van der Waals surface area contributed by atoms with Crippen LogP contribution in [-0.4, -0.2) is 45.0 Å². The molecule has 1 amide bonds. The number of aromatic nitrogens is 4. The number of hydrogen-bond donors (Lipinski definition) is 1. The molecule has 0 unspecified atom stereocenters. The number of tetrazole rings is 1. The van der Waals surface area contributed by atoms with Crippen molar-refractivity contribution >= 4 is 17.7 Å². The van der Waals surface area contributed by atoms with Crippen molar-refractivity contribution < 1.29 is 9.53 Å². The molecule has 0 saturated heterocycles. The minimum Gasteiger partial charge on any atom is -0.497 e. The number of nitrogens with zero attached hydrogens (tertiary/aromatic N) is 4. The second kappa shape index (κ2) is 7.87. The van der Waals surface area contributed by atoms with Crippen molar-refractivity contribution in [1.29, 1.82) is 0 Å². The molecular formula is C22H29N5O2S. The van der Waals surface area contributed by atoms with Crippen molar-refractivity contribution in [3.63, 3.8) is 0 Å². The number of hydrogen-bond acceptors (Lipinski definition) is 6. The SMILES string of the molecule is COc1ccc(-n2nnnc2SCC(=O)N[C@H](C)C23CC4CC(CC(C4)C2)C3)cc1. The van der Waals surface area contributed by atoms with Crippen LogP contribution in [0.3, 0.4) is 0 Å². The topological polar surface area (TPSA) is 81.9 Å². The third-order valence-corrected chi connectivity index (χ3v) is 8.39. The van der Waals surface area contributed by atoms with Crippen LogP contribution in [0.2, 0.25) is 0 Å². The molecular weight excluding hydrogens is 398 g/mol. The van der Waals surface area contributed by atoms with Crippen LogP contribution >= 0.6 is 11.8 Å². The van der Waals surface area contributed by atoms with E-state index >= 15 is 0 Å². The number of carbonyl (C=O) groups is 1. The minimum absolute atomic E-state index is 0.0625. The second-order valence-electron chi connectivity index (χ2n) is 9.43. The summed E-state index contributed by atoms with van der Waals surface area (Å²) in [4.78, 5) is 12.7. The third-order valence-electron chi connectivity index (χ3n) is 7.47. The van der Waals surface area contributed by atoms with Crippen LogP contribution in [0.1, 0.15) is 45.4 Å². The molecule has 1 N–H and O–H groups in total. The Morgan fingerprint density at radius 3 is 2.43 bits per heavy atom. The molecule has 4 aliphatic rings. The number of amides is 1. The van der Waals surface area contributed by atoms with Crippen molar-refractivity contribution in [3.8, 4) is 11.4 Å². The van der Waals surface area contributed by atoms with Gasteiger partial charge in [0.25, 0.3) is 0 Å². The first kappa shape index (κ1) is 19.8. The summed E-state index contributed by atoms with van der Waals surface area (Å²) < 4.78 is 6.85. The molecule has 4 saturated carbocycles. The van der Waals surface area contributed by atoms with Crippen LogP contribution in [0.25, 0.3) is 5.69 Å². The summed E-state index contributed by atoms with van der Waals surface area (Å²) in [6.07, 6.45) is 8.15. The molecule has 0 aliphatic heterocycles. The largest absolute Gasteiger partial charge is 0.497 e. The first-order valence-corrected chi connectivity index (χ1v) is 11.9. The summed E-state index contributed by atoms with van der Waals surface area (Å²) in [7, 11) is 1.64. The Balaban J connectivity index is 1.20. The van der Waals surface area contributed by atoms with Crippen molar-refractivity contribution in [3.05, 3.63) is 24.3 Å². The van der Waals surface area contributed by atoms with Gasteiger partial charge in [0, 0.05) is 6.04 Å². The number of ether oxygens (including phenoxy) is 1. The minimum atomic E-state index is 0.0625. The van der Waals surface area contributed by atoms with Crippen molar-refractivity contribution in [2.24, 2.45) is 23.2 Å². The Kier molecular flexibility index (Phi) is 5.21. The van der Waals surface area contributed by atoms with E-state index in [0.717, 1.165) is 29.2 Å². The summed E-state index contributed by atoms with van der Waals surface area (Å²) in [5, 5.41) is 15.9. The molecule has 6 rings (SSSR count). The lowest BCUT2D eigenvalue weighted by atomic mass is 9.48. The molecule has 8 heteroatoms. The second-order valence-corrected chi connectivity index (χ2v) is 10.4. The molecule has 1 atom stereocenters. The molecule has 30 heavy (non-hydrogen) atoms. The number of carbonyl (C=O) groups excluding carboxylic acids is 1. The van der Waals surface area contributed by atoms with Crippen molar-refractivity contribution in [1.82, 2.24) is 25.5 Å². The quantitative estimate of drug-likeness (QED) is 0.681. The highest BCUT2D eigenvalue weighted by Gasteiger charge is 2.53. The Hall–Kier alpha value is -2.09. The smallest absolute Gasteiger partial charge is 0.230 e. The molecule has 1 aromatic heterocycles. The number of thioether (sulfide) groups is 1. The van der Waals surface area contributed by atoms with E-state index in [9.17, 15) is 4.79 Å². The van der Waals surface area contributed by atoms with Gasteiger partial charge in [-0.05, 0) is 103 Å². The molecule has 1 aromatic carbocycles. The summed E-state index contributed by atoms with van der Waals surface area (Å²) >= 11 is 1.37. The van der Waals surface area contributed by atoms with Crippen LogP contribution in [0.15, 0.2) is 29.4 Å². The van der Waals surface area contributed by atoms with Gasteiger partial charge in [-0.15, -0.1) is 5.10 Å². The lowest BCUT2D eigenvalue weighted by Gasteiger charge is -2.59. The van der Waals surface area contributed by atoms with Gasteiger partial charge in [-0.25, -0.2) is 0 Å². The third kappa shape index (κ3) is 3.70. The van der Waals surface area contributed by atoms with E-state index in [2.05, 4.69) is 27.8 Å². The Morgan fingerprint density at radius 1 is 1.20 bits per heavy atom. The zero-order valence-electron chi connectivity index (χ0n) is 17.6. The lowest BCUT2D eigenvalue weighted by molar-refractivity contribution is -0.123. The number of benzene rings is 1. The Labute approximate surface area is 181 Å². The predicted molar refractivity (Wildman–Crippen MR) is 115 cm³/mol. The normalized spacial score (nSPS) is 30.3. The van der Waals surface area contributed by atoms with Gasteiger partial charge in [-0.3, -0.25) is 4.79 Å². The summed E-state index contributed by atoms with van der Waals surface area (Å²) in [5.41, 5.74) is 1.16. The van der Waals surface area contributed by atoms with E-state index in [1.165, 1.54) is 50.3 Å². The highest BCUT2D eigenvalue weighted by Crippen LogP contribution is 2.61. The summed E-state index contributed by atoms with van der Waals surface area (Å²) in [6.45, 7) is 2.22. The first-order valence-electron chi connectivity index (χ1n) is 10.9. The van der Waals surface area contributed by atoms with Crippen LogP contribution < -0.4 is 10.1 Å². The Bertz CT molecular complexity index is 877. The maximum absolute atomic E-state index is 12.7. The molecule has 160 valence electrons. The monoisotopic (exact) mass is 427 g/mol. The van der Waals surface area contributed by atoms with E-state index in [0.29, 0.717) is 16.3 Å². The van der Waals surface area contributed by atoms with Gasteiger partial charge >= 0.3 is 0 Å². The molecule has 0 spiro atoms. The van der Waals surface area contributed by atoms with Gasteiger partial charge < -0.3 is 10.1 Å². The van der Waals surface area contributed by atoms with Gasteiger partial charge in [0.1, 0.15) is 5.75 Å². The van der Waals surface area contributed by atoms with Crippen LogP contribution in [0.5, 0.6) is 5.75 Å². The summed E-state index contributed by atoms with van der Waals surface area (Å²) in [6, 6.07) is 7.76. The van der Waals surface area contributed by atoms with E-state index in [4.69, 9.17) is 4.74 Å².